The number of carbonyl (C=O) groups excluding carboxylic acids is 2. The van der Waals surface area contributed by atoms with Crippen molar-refractivity contribution in [3.63, 3.8) is 0 Å². The van der Waals surface area contributed by atoms with Crippen LogP contribution in [0.15, 0.2) is 83.9 Å². The lowest BCUT2D eigenvalue weighted by atomic mass is 9.97. The molecule has 0 aromatic heterocycles. The van der Waals surface area contributed by atoms with E-state index < -0.39 is 5.92 Å². The zero-order valence-corrected chi connectivity index (χ0v) is 16.0. The molecule has 0 spiro atoms. The molecule has 5 heteroatoms. The number of esters is 1. The number of ketones is 1. The molecule has 0 bridgehead atoms. The van der Waals surface area contributed by atoms with Gasteiger partial charge in [-0.15, -0.1) is 0 Å². The Kier molecular flexibility index (Phi) is 6.22. The largest absolute Gasteiger partial charge is 0.426 e. The van der Waals surface area contributed by atoms with Crippen LogP contribution >= 0.6 is 12.2 Å². The summed E-state index contributed by atoms with van der Waals surface area (Å²) >= 11 is 4.55. The molecule has 0 heterocycles. The Labute approximate surface area is 168 Å². The molecule has 3 aromatic rings. The van der Waals surface area contributed by atoms with Crippen LogP contribution in [-0.4, -0.2) is 16.9 Å². The number of isothiocyanates is 1. The minimum Gasteiger partial charge on any atom is -0.426 e. The average Bonchev–Trinajstić information content (AvgIpc) is 2.75. The van der Waals surface area contributed by atoms with Crippen molar-refractivity contribution in [3.05, 3.63) is 95.6 Å². The van der Waals surface area contributed by atoms with E-state index in [2.05, 4.69) is 22.4 Å². The average molecular weight is 387 g/mol. The second kappa shape index (κ2) is 9.00. The Bertz CT molecular complexity index is 1020. The second-order valence-electron chi connectivity index (χ2n) is 6.16. The minimum absolute atomic E-state index is 0.0542. The molecule has 0 saturated carbocycles. The lowest BCUT2D eigenvalue weighted by Gasteiger charge is -2.12. The maximum atomic E-state index is 12.5. The summed E-state index contributed by atoms with van der Waals surface area (Å²) in [6.45, 7) is 1.77. The summed E-state index contributed by atoms with van der Waals surface area (Å²) in [6.07, 6.45) is 0. The molecule has 1 atom stereocenters. The number of aliphatic imine (C=N–C) groups is 1. The first kappa shape index (κ1) is 19.4. The molecule has 0 N–H and O–H groups in total. The van der Waals surface area contributed by atoms with Gasteiger partial charge < -0.3 is 4.74 Å². The van der Waals surface area contributed by atoms with Crippen LogP contribution < -0.4 is 4.74 Å². The van der Waals surface area contributed by atoms with Crippen LogP contribution in [0, 0.1) is 0 Å². The molecule has 0 radical (unpaired) electrons. The smallest absolute Gasteiger partial charge is 0.318 e. The number of hydrogen-bond donors (Lipinski definition) is 0. The molecule has 0 saturated heterocycles. The number of rotatable bonds is 6. The van der Waals surface area contributed by atoms with Crippen molar-refractivity contribution < 1.29 is 14.3 Å². The van der Waals surface area contributed by atoms with Gasteiger partial charge in [-0.1, -0.05) is 54.6 Å². The number of thiocarbonyl (C=S) groups is 1. The van der Waals surface area contributed by atoms with Gasteiger partial charge in [-0.3, -0.25) is 9.59 Å². The highest BCUT2D eigenvalue weighted by atomic mass is 32.1. The predicted molar refractivity (Wildman–Crippen MR) is 111 cm³/mol. The van der Waals surface area contributed by atoms with Crippen LogP contribution in [0.2, 0.25) is 0 Å². The van der Waals surface area contributed by atoms with Gasteiger partial charge in [0.2, 0.25) is 0 Å². The highest BCUT2D eigenvalue weighted by Crippen LogP contribution is 2.22. The summed E-state index contributed by atoms with van der Waals surface area (Å²) in [5.74, 6) is -0.481. The molecule has 28 heavy (non-hydrogen) atoms. The molecule has 0 aliphatic carbocycles. The molecule has 138 valence electrons. The molecule has 1 unspecified atom stereocenters. The van der Waals surface area contributed by atoms with E-state index in [0.29, 0.717) is 22.6 Å². The van der Waals surface area contributed by atoms with E-state index in [9.17, 15) is 9.59 Å². The Hall–Kier alpha value is -3.40. The summed E-state index contributed by atoms with van der Waals surface area (Å²) in [6, 6.07) is 22.8. The first-order valence-corrected chi connectivity index (χ1v) is 9.08. The Morgan fingerprint density at radius 1 is 0.893 bits per heavy atom. The van der Waals surface area contributed by atoms with E-state index in [1.807, 2.05) is 18.2 Å². The monoisotopic (exact) mass is 387 g/mol. The van der Waals surface area contributed by atoms with Gasteiger partial charge in [0, 0.05) is 11.1 Å². The van der Waals surface area contributed by atoms with E-state index in [1.165, 1.54) is 0 Å². The number of carbonyl (C=O) groups is 2. The maximum absolute atomic E-state index is 12.5. The van der Waals surface area contributed by atoms with E-state index in [0.717, 1.165) is 5.56 Å². The van der Waals surface area contributed by atoms with Gasteiger partial charge >= 0.3 is 5.97 Å². The summed E-state index contributed by atoms with van der Waals surface area (Å²) < 4.78 is 5.42. The third kappa shape index (κ3) is 4.65. The minimum atomic E-state index is -0.473. The summed E-state index contributed by atoms with van der Waals surface area (Å²) in [5, 5.41) is 2.28. The fourth-order valence-electron chi connectivity index (χ4n) is 2.66. The Morgan fingerprint density at radius 2 is 1.50 bits per heavy atom. The van der Waals surface area contributed by atoms with Crippen molar-refractivity contribution in [2.75, 3.05) is 0 Å². The van der Waals surface area contributed by atoms with Gasteiger partial charge in [-0.25, -0.2) is 0 Å². The SMILES string of the molecule is CC(C(=O)Oc1ccc(N=C=S)cc1)c1ccc(C(=O)c2ccccc2)cc1. The summed E-state index contributed by atoms with van der Waals surface area (Å²) in [4.78, 5) is 28.7. The Balaban J connectivity index is 1.68. The number of ether oxygens (including phenoxy) is 1. The van der Waals surface area contributed by atoms with E-state index >= 15 is 0 Å². The summed E-state index contributed by atoms with van der Waals surface area (Å²) in [5.41, 5.74) is 2.62. The molecule has 4 nitrogen and oxygen atoms in total. The Morgan fingerprint density at radius 3 is 2.11 bits per heavy atom. The summed E-state index contributed by atoms with van der Waals surface area (Å²) in [7, 11) is 0. The van der Waals surface area contributed by atoms with Crippen molar-refractivity contribution in [1.29, 1.82) is 0 Å². The lowest BCUT2D eigenvalue weighted by molar-refractivity contribution is -0.135. The van der Waals surface area contributed by atoms with E-state index in [4.69, 9.17) is 4.74 Å². The zero-order chi connectivity index (χ0) is 19.9. The quantitative estimate of drug-likeness (QED) is 0.188. The highest BCUT2D eigenvalue weighted by molar-refractivity contribution is 7.78. The van der Waals surface area contributed by atoms with Gasteiger partial charge in [-0.05, 0) is 49.0 Å². The number of hydrogen-bond acceptors (Lipinski definition) is 5. The van der Waals surface area contributed by atoms with Crippen LogP contribution in [0.3, 0.4) is 0 Å². The number of benzene rings is 3. The molecular formula is C23H17NO3S. The fraction of sp³-hybridized carbons (Fsp3) is 0.0870. The van der Waals surface area contributed by atoms with Crippen molar-refractivity contribution in [2.24, 2.45) is 4.99 Å². The third-order valence-electron chi connectivity index (χ3n) is 4.29. The van der Waals surface area contributed by atoms with Crippen LogP contribution in [0.25, 0.3) is 0 Å². The predicted octanol–water partition coefficient (Wildman–Crippen LogP) is 5.36. The topological polar surface area (TPSA) is 55.7 Å². The van der Waals surface area contributed by atoms with E-state index in [-0.39, 0.29) is 11.8 Å². The van der Waals surface area contributed by atoms with Gasteiger partial charge in [0.05, 0.1) is 16.8 Å². The zero-order valence-electron chi connectivity index (χ0n) is 15.2. The van der Waals surface area contributed by atoms with Gasteiger partial charge in [0.25, 0.3) is 0 Å². The van der Waals surface area contributed by atoms with Crippen molar-refractivity contribution in [1.82, 2.24) is 0 Å². The molecule has 0 fully saturated rings. The van der Waals surface area contributed by atoms with Crippen molar-refractivity contribution in [2.45, 2.75) is 12.8 Å². The first-order chi connectivity index (χ1) is 13.6. The van der Waals surface area contributed by atoms with Crippen LogP contribution in [0.4, 0.5) is 5.69 Å². The van der Waals surface area contributed by atoms with Crippen LogP contribution in [0.1, 0.15) is 34.3 Å². The van der Waals surface area contributed by atoms with E-state index in [1.54, 1.807) is 67.6 Å². The number of nitrogens with zero attached hydrogens (tertiary/aromatic N) is 1. The molecular weight excluding hydrogens is 370 g/mol. The molecule has 0 aliphatic rings. The normalized spacial score (nSPS) is 11.2. The third-order valence-corrected chi connectivity index (χ3v) is 4.38. The fourth-order valence-corrected chi connectivity index (χ4v) is 2.77. The highest BCUT2D eigenvalue weighted by Gasteiger charge is 2.18. The maximum Gasteiger partial charge on any atom is 0.318 e. The lowest BCUT2D eigenvalue weighted by Crippen LogP contribution is -2.16. The molecule has 3 rings (SSSR count). The van der Waals surface area contributed by atoms with Crippen molar-refractivity contribution in [3.8, 4) is 5.75 Å². The van der Waals surface area contributed by atoms with Gasteiger partial charge in [-0.2, -0.15) is 4.99 Å². The van der Waals surface area contributed by atoms with Gasteiger partial charge in [0.15, 0.2) is 5.78 Å². The molecule has 0 amide bonds. The molecule has 0 aliphatic heterocycles. The van der Waals surface area contributed by atoms with Crippen molar-refractivity contribution >= 4 is 34.8 Å². The van der Waals surface area contributed by atoms with Crippen LogP contribution in [-0.2, 0) is 4.79 Å². The second-order valence-corrected chi connectivity index (χ2v) is 6.34. The van der Waals surface area contributed by atoms with Gasteiger partial charge in [0.1, 0.15) is 5.75 Å². The standard InChI is InChI=1S/C23H17NO3S/c1-16(23(26)27-21-13-11-20(12-14-21)24-15-28)17-7-9-19(10-8-17)22(25)18-5-3-2-4-6-18/h2-14,16H,1H3. The first-order valence-electron chi connectivity index (χ1n) is 8.68. The molecule has 3 aromatic carbocycles. The van der Waals surface area contributed by atoms with Crippen LogP contribution in [0.5, 0.6) is 5.75 Å².